The van der Waals surface area contributed by atoms with Gasteiger partial charge in [-0.3, -0.25) is 0 Å². The highest BCUT2D eigenvalue weighted by atomic mass is 79.9. The van der Waals surface area contributed by atoms with Gasteiger partial charge in [-0.05, 0) is 30.0 Å². The minimum Gasteiger partial charge on any atom is -0.0651 e. The van der Waals surface area contributed by atoms with Gasteiger partial charge in [-0.15, -0.1) is 0 Å². The summed E-state index contributed by atoms with van der Waals surface area (Å²) in [6, 6.07) is 8.67. The first-order valence-electron chi connectivity index (χ1n) is 5.00. The summed E-state index contributed by atoms with van der Waals surface area (Å²) in [6.07, 6.45) is 3.79. The van der Waals surface area contributed by atoms with E-state index >= 15 is 0 Å². The topological polar surface area (TPSA) is 0 Å². The lowest BCUT2D eigenvalue weighted by molar-refractivity contribution is 0.490. The van der Waals surface area contributed by atoms with Gasteiger partial charge in [0.25, 0.3) is 0 Å². The van der Waals surface area contributed by atoms with Crippen molar-refractivity contribution in [2.45, 2.75) is 33.1 Å². The normalized spacial score (nSPS) is 10.8. The summed E-state index contributed by atoms with van der Waals surface area (Å²) in [5.74, 6) is 0.848. The standard InChI is InChI=1S/C12H17Br/c1-3-10(4-2)9-11-5-7-12(13)8-6-11/h5-8,10H,3-4,9H2,1-2H3. The third-order valence-electron chi connectivity index (χ3n) is 2.59. The third-order valence-corrected chi connectivity index (χ3v) is 3.12. The van der Waals surface area contributed by atoms with E-state index in [-0.39, 0.29) is 0 Å². The minimum atomic E-state index is 0.848. The molecule has 13 heavy (non-hydrogen) atoms. The molecule has 0 aliphatic rings. The van der Waals surface area contributed by atoms with Gasteiger partial charge in [-0.25, -0.2) is 0 Å². The van der Waals surface area contributed by atoms with Crippen LogP contribution in [0.5, 0.6) is 0 Å². The molecule has 0 amide bonds. The van der Waals surface area contributed by atoms with E-state index in [9.17, 15) is 0 Å². The van der Waals surface area contributed by atoms with Gasteiger partial charge >= 0.3 is 0 Å². The van der Waals surface area contributed by atoms with Crippen LogP contribution < -0.4 is 0 Å². The van der Waals surface area contributed by atoms with Crippen molar-refractivity contribution in [1.82, 2.24) is 0 Å². The van der Waals surface area contributed by atoms with Gasteiger partial charge in [-0.1, -0.05) is 54.8 Å². The largest absolute Gasteiger partial charge is 0.0651 e. The SMILES string of the molecule is CCC(CC)Cc1ccc(Br)cc1. The van der Waals surface area contributed by atoms with Crippen LogP contribution in [-0.4, -0.2) is 0 Å². The fourth-order valence-corrected chi connectivity index (χ4v) is 1.80. The highest BCUT2D eigenvalue weighted by Crippen LogP contribution is 2.17. The summed E-state index contributed by atoms with van der Waals surface area (Å²) in [5, 5.41) is 0. The molecule has 0 radical (unpaired) electrons. The molecule has 0 heterocycles. The molecule has 1 rings (SSSR count). The molecule has 0 nitrogen and oxygen atoms in total. The summed E-state index contributed by atoms with van der Waals surface area (Å²) >= 11 is 3.45. The number of hydrogen-bond donors (Lipinski definition) is 0. The smallest absolute Gasteiger partial charge is 0.0175 e. The van der Waals surface area contributed by atoms with Crippen LogP contribution in [0.2, 0.25) is 0 Å². The van der Waals surface area contributed by atoms with Crippen LogP contribution in [0, 0.1) is 5.92 Å². The average molecular weight is 241 g/mol. The predicted molar refractivity (Wildman–Crippen MR) is 61.9 cm³/mol. The zero-order chi connectivity index (χ0) is 9.68. The van der Waals surface area contributed by atoms with Crippen molar-refractivity contribution in [2.24, 2.45) is 5.92 Å². The number of rotatable bonds is 4. The first-order chi connectivity index (χ1) is 6.26. The van der Waals surface area contributed by atoms with Crippen molar-refractivity contribution < 1.29 is 0 Å². The number of hydrogen-bond acceptors (Lipinski definition) is 0. The van der Waals surface area contributed by atoms with Crippen LogP contribution in [0.4, 0.5) is 0 Å². The van der Waals surface area contributed by atoms with Gasteiger partial charge in [0.2, 0.25) is 0 Å². The van der Waals surface area contributed by atoms with Crippen LogP contribution in [0.15, 0.2) is 28.7 Å². The second kappa shape index (κ2) is 5.43. The molecule has 1 aromatic rings. The highest BCUT2D eigenvalue weighted by molar-refractivity contribution is 9.10. The Morgan fingerprint density at radius 1 is 1.08 bits per heavy atom. The molecular formula is C12H17Br. The second-order valence-corrected chi connectivity index (χ2v) is 4.43. The molecule has 0 aliphatic carbocycles. The quantitative estimate of drug-likeness (QED) is 0.731. The molecule has 0 bridgehead atoms. The molecule has 0 aliphatic heterocycles. The molecule has 0 saturated carbocycles. The van der Waals surface area contributed by atoms with E-state index in [1.165, 1.54) is 29.3 Å². The maximum Gasteiger partial charge on any atom is 0.0175 e. The predicted octanol–water partition coefficient (Wildman–Crippen LogP) is 4.43. The van der Waals surface area contributed by atoms with E-state index in [1.807, 2.05) is 0 Å². The summed E-state index contributed by atoms with van der Waals surface area (Å²) in [7, 11) is 0. The fourth-order valence-electron chi connectivity index (χ4n) is 1.53. The van der Waals surface area contributed by atoms with Gasteiger partial charge in [-0.2, -0.15) is 0 Å². The fraction of sp³-hybridized carbons (Fsp3) is 0.500. The van der Waals surface area contributed by atoms with E-state index in [2.05, 4.69) is 54.0 Å². The van der Waals surface area contributed by atoms with Crippen LogP contribution in [0.25, 0.3) is 0 Å². The van der Waals surface area contributed by atoms with Crippen molar-refractivity contribution >= 4 is 15.9 Å². The van der Waals surface area contributed by atoms with Gasteiger partial charge in [0.15, 0.2) is 0 Å². The minimum absolute atomic E-state index is 0.848. The zero-order valence-corrected chi connectivity index (χ0v) is 9.97. The van der Waals surface area contributed by atoms with Crippen molar-refractivity contribution in [2.75, 3.05) is 0 Å². The first kappa shape index (κ1) is 10.8. The molecule has 0 aromatic heterocycles. The molecule has 0 saturated heterocycles. The number of benzene rings is 1. The summed E-state index contributed by atoms with van der Waals surface area (Å²) in [5.41, 5.74) is 1.46. The number of halogens is 1. The van der Waals surface area contributed by atoms with E-state index in [0.717, 1.165) is 5.92 Å². The monoisotopic (exact) mass is 240 g/mol. The summed E-state index contributed by atoms with van der Waals surface area (Å²) < 4.78 is 1.17. The lowest BCUT2D eigenvalue weighted by Gasteiger charge is -2.11. The van der Waals surface area contributed by atoms with E-state index in [1.54, 1.807) is 0 Å². The maximum absolute atomic E-state index is 3.45. The Kier molecular flexibility index (Phi) is 4.51. The van der Waals surface area contributed by atoms with Gasteiger partial charge < -0.3 is 0 Å². The van der Waals surface area contributed by atoms with Gasteiger partial charge in [0.05, 0.1) is 0 Å². The zero-order valence-electron chi connectivity index (χ0n) is 8.39. The third kappa shape index (κ3) is 3.51. The van der Waals surface area contributed by atoms with Crippen molar-refractivity contribution in [3.63, 3.8) is 0 Å². The molecule has 72 valence electrons. The molecule has 1 heteroatoms. The Morgan fingerprint density at radius 2 is 1.62 bits per heavy atom. The van der Waals surface area contributed by atoms with Crippen LogP contribution in [0.3, 0.4) is 0 Å². The van der Waals surface area contributed by atoms with Gasteiger partial charge in [0.1, 0.15) is 0 Å². The molecule has 0 fully saturated rings. The van der Waals surface area contributed by atoms with Crippen LogP contribution in [-0.2, 0) is 6.42 Å². The maximum atomic E-state index is 3.45. The van der Waals surface area contributed by atoms with E-state index in [0.29, 0.717) is 0 Å². The van der Waals surface area contributed by atoms with Crippen molar-refractivity contribution in [3.05, 3.63) is 34.3 Å². The lowest BCUT2D eigenvalue weighted by Crippen LogP contribution is -2.01. The first-order valence-corrected chi connectivity index (χ1v) is 5.80. The summed E-state index contributed by atoms with van der Waals surface area (Å²) in [4.78, 5) is 0. The molecular weight excluding hydrogens is 224 g/mol. The summed E-state index contributed by atoms with van der Waals surface area (Å²) in [6.45, 7) is 4.54. The molecule has 0 atom stereocenters. The molecule has 1 aromatic carbocycles. The van der Waals surface area contributed by atoms with Crippen LogP contribution in [0.1, 0.15) is 32.3 Å². The Morgan fingerprint density at radius 3 is 2.08 bits per heavy atom. The Bertz CT molecular complexity index is 234. The van der Waals surface area contributed by atoms with Crippen LogP contribution >= 0.6 is 15.9 Å². The molecule has 0 unspecified atom stereocenters. The second-order valence-electron chi connectivity index (χ2n) is 3.51. The van der Waals surface area contributed by atoms with Crippen molar-refractivity contribution in [1.29, 1.82) is 0 Å². The lowest BCUT2D eigenvalue weighted by atomic mass is 9.95. The Labute approximate surface area is 89.5 Å². The van der Waals surface area contributed by atoms with E-state index in [4.69, 9.17) is 0 Å². The Hall–Kier alpha value is -0.300. The van der Waals surface area contributed by atoms with E-state index < -0.39 is 0 Å². The molecule has 0 spiro atoms. The van der Waals surface area contributed by atoms with Crippen molar-refractivity contribution in [3.8, 4) is 0 Å². The Balaban J connectivity index is 2.58. The molecule has 0 N–H and O–H groups in total. The highest BCUT2D eigenvalue weighted by Gasteiger charge is 2.03. The average Bonchev–Trinajstić information content (AvgIpc) is 2.17. The van der Waals surface area contributed by atoms with Gasteiger partial charge in [0, 0.05) is 4.47 Å².